The topological polar surface area (TPSA) is 90.9 Å². The number of nitrogens with two attached hydrogens (primary N) is 1. The molecule has 0 aromatic heterocycles. The summed E-state index contributed by atoms with van der Waals surface area (Å²) in [5.74, 6) is 0. The van der Waals surface area contributed by atoms with E-state index < -0.39 is 6.03 Å². The van der Waals surface area contributed by atoms with Gasteiger partial charge in [0.25, 0.3) is 0 Å². The van der Waals surface area contributed by atoms with Gasteiger partial charge in [0.05, 0.1) is 23.0 Å². The molecular formula is C14H11BrN4O. The van der Waals surface area contributed by atoms with Crippen LogP contribution < -0.4 is 16.4 Å². The second-order valence-corrected chi connectivity index (χ2v) is 4.92. The molecule has 0 spiro atoms. The Labute approximate surface area is 124 Å². The third-order valence-electron chi connectivity index (χ3n) is 2.53. The van der Waals surface area contributed by atoms with Gasteiger partial charge in [0.2, 0.25) is 0 Å². The molecule has 2 amide bonds. The molecule has 5 nitrogen and oxygen atoms in total. The first-order chi connectivity index (χ1) is 9.58. The van der Waals surface area contributed by atoms with E-state index in [1.807, 2.05) is 6.07 Å². The molecule has 0 saturated heterocycles. The number of benzene rings is 2. The van der Waals surface area contributed by atoms with Crippen LogP contribution in [0, 0.1) is 11.3 Å². The van der Waals surface area contributed by atoms with Gasteiger partial charge in [-0.1, -0.05) is 15.9 Å². The van der Waals surface area contributed by atoms with E-state index in [4.69, 9.17) is 11.0 Å². The number of hydrogen-bond donors (Lipinski definition) is 3. The van der Waals surface area contributed by atoms with Crippen LogP contribution in [0.5, 0.6) is 0 Å². The lowest BCUT2D eigenvalue weighted by Crippen LogP contribution is -2.20. The Bertz CT molecular complexity index is 677. The number of amides is 2. The first kappa shape index (κ1) is 13.9. The fourth-order valence-electron chi connectivity index (χ4n) is 1.56. The van der Waals surface area contributed by atoms with Crippen molar-refractivity contribution in [1.29, 1.82) is 5.26 Å². The summed E-state index contributed by atoms with van der Waals surface area (Å²) in [5, 5.41) is 14.0. The maximum absolute atomic E-state index is 11.8. The van der Waals surface area contributed by atoms with E-state index in [2.05, 4.69) is 26.6 Å². The maximum atomic E-state index is 11.8. The minimum Gasteiger partial charge on any atom is -0.397 e. The Morgan fingerprint density at radius 3 is 2.45 bits per heavy atom. The van der Waals surface area contributed by atoms with E-state index in [1.54, 1.807) is 42.5 Å². The fraction of sp³-hybridized carbons (Fsp3) is 0. The molecule has 0 atom stereocenters. The van der Waals surface area contributed by atoms with Crippen LogP contribution in [0.15, 0.2) is 46.9 Å². The van der Waals surface area contributed by atoms with Gasteiger partial charge >= 0.3 is 6.03 Å². The standard InChI is InChI=1S/C14H11BrN4O/c15-10-3-6-13(12(17)7-10)19-14(20)18-11-4-1-9(8-16)2-5-11/h1-7H,17H2,(H2,18,19,20). The smallest absolute Gasteiger partial charge is 0.323 e. The highest BCUT2D eigenvalue weighted by Gasteiger charge is 2.05. The van der Waals surface area contributed by atoms with Crippen molar-refractivity contribution in [2.45, 2.75) is 0 Å². The lowest BCUT2D eigenvalue weighted by molar-refractivity contribution is 0.262. The summed E-state index contributed by atoms with van der Waals surface area (Å²) in [4.78, 5) is 11.8. The molecule has 0 bridgehead atoms. The van der Waals surface area contributed by atoms with Crippen LogP contribution in [0.1, 0.15) is 5.56 Å². The van der Waals surface area contributed by atoms with Gasteiger partial charge in [0.1, 0.15) is 0 Å². The normalized spacial score (nSPS) is 9.60. The van der Waals surface area contributed by atoms with Gasteiger partial charge < -0.3 is 16.4 Å². The molecule has 2 rings (SSSR count). The molecule has 0 saturated carbocycles. The van der Waals surface area contributed by atoms with Gasteiger partial charge in [0.15, 0.2) is 0 Å². The molecule has 20 heavy (non-hydrogen) atoms. The Hall–Kier alpha value is -2.52. The molecular weight excluding hydrogens is 320 g/mol. The molecule has 0 unspecified atom stereocenters. The quantitative estimate of drug-likeness (QED) is 0.735. The molecule has 2 aromatic rings. The zero-order chi connectivity index (χ0) is 14.5. The lowest BCUT2D eigenvalue weighted by atomic mass is 10.2. The van der Waals surface area contributed by atoms with E-state index in [1.165, 1.54) is 0 Å². The van der Waals surface area contributed by atoms with Crippen molar-refractivity contribution in [1.82, 2.24) is 0 Å². The van der Waals surface area contributed by atoms with E-state index in [9.17, 15) is 4.79 Å². The van der Waals surface area contributed by atoms with E-state index >= 15 is 0 Å². The van der Waals surface area contributed by atoms with Gasteiger partial charge in [-0.3, -0.25) is 0 Å². The highest BCUT2D eigenvalue weighted by atomic mass is 79.9. The number of halogens is 1. The summed E-state index contributed by atoms with van der Waals surface area (Å²) in [7, 11) is 0. The zero-order valence-electron chi connectivity index (χ0n) is 10.4. The van der Waals surface area contributed by atoms with E-state index in [0.717, 1.165) is 4.47 Å². The highest BCUT2D eigenvalue weighted by Crippen LogP contribution is 2.23. The Morgan fingerprint density at radius 1 is 1.15 bits per heavy atom. The third-order valence-corrected chi connectivity index (χ3v) is 3.03. The van der Waals surface area contributed by atoms with Crippen molar-refractivity contribution in [2.24, 2.45) is 0 Å². The number of carbonyl (C=O) groups is 1. The SMILES string of the molecule is N#Cc1ccc(NC(=O)Nc2ccc(Br)cc2N)cc1. The number of rotatable bonds is 2. The van der Waals surface area contributed by atoms with Crippen LogP contribution in [0.2, 0.25) is 0 Å². The van der Waals surface area contributed by atoms with Crippen LogP contribution in [0.4, 0.5) is 21.9 Å². The molecule has 0 radical (unpaired) electrons. The average molecular weight is 331 g/mol. The summed E-state index contributed by atoms with van der Waals surface area (Å²) in [6, 6.07) is 13.4. The summed E-state index contributed by atoms with van der Waals surface area (Å²) in [6.45, 7) is 0. The predicted octanol–water partition coefficient (Wildman–Crippen LogP) is 3.55. The molecule has 6 heteroatoms. The van der Waals surface area contributed by atoms with Crippen LogP contribution in [-0.2, 0) is 0 Å². The second-order valence-electron chi connectivity index (χ2n) is 4.00. The van der Waals surface area contributed by atoms with Gasteiger partial charge in [-0.25, -0.2) is 4.79 Å². The van der Waals surface area contributed by atoms with Crippen molar-refractivity contribution >= 4 is 39.0 Å². The van der Waals surface area contributed by atoms with Crippen molar-refractivity contribution in [3.8, 4) is 6.07 Å². The molecule has 0 heterocycles. The van der Waals surface area contributed by atoms with Gasteiger partial charge in [0, 0.05) is 10.2 Å². The van der Waals surface area contributed by atoms with E-state index in [0.29, 0.717) is 22.6 Å². The second kappa shape index (κ2) is 6.08. The molecule has 100 valence electrons. The monoisotopic (exact) mass is 330 g/mol. The fourth-order valence-corrected chi connectivity index (χ4v) is 1.94. The summed E-state index contributed by atoms with van der Waals surface area (Å²) in [5.41, 5.74) is 7.92. The van der Waals surface area contributed by atoms with Crippen LogP contribution in [0.3, 0.4) is 0 Å². The number of nitrogen functional groups attached to an aromatic ring is 1. The van der Waals surface area contributed by atoms with Crippen LogP contribution >= 0.6 is 15.9 Å². The summed E-state index contributed by atoms with van der Waals surface area (Å²) < 4.78 is 0.841. The number of carbonyl (C=O) groups excluding carboxylic acids is 1. The van der Waals surface area contributed by atoms with Gasteiger partial charge in [-0.15, -0.1) is 0 Å². The van der Waals surface area contributed by atoms with Crippen molar-refractivity contribution in [3.05, 3.63) is 52.5 Å². The summed E-state index contributed by atoms with van der Waals surface area (Å²) >= 11 is 3.30. The van der Waals surface area contributed by atoms with Crippen molar-refractivity contribution in [3.63, 3.8) is 0 Å². The van der Waals surface area contributed by atoms with Crippen LogP contribution in [0.25, 0.3) is 0 Å². The first-order valence-electron chi connectivity index (χ1n) is 5.71. The van der Waals surface area contributed by atoms with Crippen molar-refractivity contribution < 1.29 is 4.79 Å². The predicted molar refractivity (Wildman–Crippen MR) is 82.4 cm³/mol. The van der Waals surface area contributed by atoms with Gasteiger partial charge in [-0.05, 0) is 42.5 Å². The Kier molecular flexibility index (Phi) is 4.23. The summed E-state index contributed by atoms with van der Waals surface area (Å²) in [6.07, 6.45) is 0. The zero-order valence-corrected chi connectivity index (χ0v) is 11.9. The largest absolute Gasteiger partial charge is 0.397 e. The molecule has 0 aliphatic heterocycles. The number of hydrogen-bond acceptors (Lipinski definition) is 3. The van der Waals surface area contributed by atoms with Crippen LogP contribution in [-0.4, -0.2) is 6.03 Å². The van der Waals surface area contributed by atoms with Crippen molar-refractivity contribution in [2.75, 3.05) is 16.4 Å². The molecule has 0 aliphatic carbocycles. The Balaban J connectivity index is 2.03. The lowest BCUT2D eigenvalue weighted by Gasteiger charge is -2.10. The molecule has 0 fully saturated rings. The number of urea groups is 1. The van der Waals surface area contributed by atoms with Gasteiger partial charge in [-0.2, -0.15) is 5.26 Å². The third kappa shape index (κ3) is 3.49. The molecule has 0 aliphatic rings. The number of nitriles is 1. The average Bonchev–Trinajstić information content (AvgIpc) is 2.43. The molecule has 4 N–H and O–H groups in total. The maximum Gasteiger partial charge on any atom is 0.323 e. The number of anilines is 3. The minimum atomic E-state index is -0.399. The minimum absolute atomic E-state index is 0.399. The molecule has 2 aromatic carbocycles. The number of nitrogens with one attached hydrogen (secondary N) is 2. The number of nitrogens with zero attached hydrogens (tertiary/aromatic N) is 1. The highest BCUT2D eigenvalue weighted by molar-refractivity contribution is 9.10. The Morgan fingerprint density at radius 2 is 1.85 bits per heavy atom. The van der Waals surface area contributed by atoms with E-state index in [-0.39, 0.29) is 0 Å². The first-order valence-corrected chi connectivity index (χ1v) is 6.51.